The van der Waals surface area contributed by atoms with Gasteiger partial charge in [-0.1, -0.05) is 5.16 Å². The lowest BCUT2D eigenvalue weighted by molar-refractivity contribution is 0.0964. The highest BCUT2D eigenvalue weighted by atomic mass is 16.5. The molecule has 0 aliphatic carbocycles. The Kier molecular flexibility index (Phi) is 2.51. The standard InChI is InChI=1S/C9H11N5O2/c1-5-9(6(2)16-11-5)8(15)4-14-7(3)10-12-13-14/h4H2,1-3H3. The Morgan fingerprint density at radius 3 is 2.62 bits per heavy atom. The second-order valence-corrected chi connectivity index (χ2v) is 3.51. The monoisotopic (exact) mass is 221 g/mol. The van der Waals surface area contributed by atoms with Gasteiger partial charge in [0, 0.05) is 0 Å². The fourth-order valence-electron chi connectivity index (χ4n) is 1.49. The molecule has 0 unspecified atom stereocenters. The predicted molar refractivity (Wildman–Crippen MR) is 52.9 cm³/mol. The Balaban J connectivity index is 2.25. The van der Waals surface area contributed by atoms with Crippen molar-refractivity contribution in [3.8, 4) is 0 Å². The van der Waals surface area contributed by atoms with Crippen molar-refractivity contribution in [3.63, 3.8) is 0 Å². The average Bonchev–Trinajstić information content (AvgIpc) is 2.75. The predicted octanol–water partition coefficient (Wildman–Crippen LogP) is 0.469. The largest absolute Gasteiger partial charge is 0.361 e. The van der Waals surface area contributed by atoms with Gasteiger partial charge >= 0.3 is 0 Å². The van der Waals surface area contributed by atoms with Gasteiger partial charge in [0.2, 0.25) is 0 Å². The smallest absolute Gasteiger partial charge is 0.189 e. The summed E-state index contributed by atoms with van der Waals surface area (Å²) in [5, 5.41) is 14.6. The van der Waals surface area contributed by atoms with Crippen LogP contribution in [-0.4, -0.2) is 31.1 Å². The van der Waals surface area contributed by atoms with Crippen LogP contribution in [0.15, 0.2) is 4.52 Å². The molecule has 2 rings (SSSR count). The molecule has 2 aromatic rings. The van der Waals surface area contributed by atoms with E-state index in [-0.39, 0.29) is 12.3 Å². The van der Waals surface area contributed by atoms with Gasteiger partial charge in [0.15, 0.2) is 5.78 Å². The van der Waals surface area contributed by atoms with Gasteiger partial charge in [0.1, 0.15) is 18.1 Å². The summed E-state index contributed by atoms with van der Waals surface area (Å²) >= 11 is 0. The molecule has 0 aliphatic heterocycles. The van der Waals surface area contributed by atoms with E-state index in [1.54, 1.807) is 20.8 Å². The van der Waals surface area contributed by atoms with Crippen molar-refractivity contribution in [1.29, 1.82) is 0 Å². The van der Waals surface area contributed by atoms with E-state index < -0.39 is 0 Å². The molecule has 2 aromatic heterocycles. The van der Waals surface area contributed by atoms with Gasteiger partial charge in [-0.25, -0.2) is 4.68 Å². The Bertz CT molecular complexity index is 508. The van der Waals surface area contributed by atoms with Crippen LogP contribution >= 0.6 is 0 Å². The summed E-state index contributed by atoms with van der Waals surface area (Å²) in [6, 6.07) is 0. The van der Waals surface area contributed by atoms with Crippen LogP contribution in [0.1, 0.15) is 27.6 Å². The van der Waals surface area contributed by atoms with E-state index in [1.165, 1.54) is 4.68 Å². The molecule has 84 valence electrons. The summed E-state index contributed by atoms with van der Waals surface area (Å²) in [7, 11) is 0. The molecular weight excluding hydrogens is 210 g/mol. The van der Waals surface area contributed by atoms with Gasteiger partial charge in [-0.3, -0.25) is 4.79 Å². The third-order valence-electron chi connectivity index (χ3n) is 2.32. The van der Waals surface area contributed by atoms with Crippen molar-refractivity contribution in [3.05, 3.63) is 22.8 Å². The Labute approximate surface area is 91.4 Å². The van der Waals surface area contributed by atoms with Crippen LogP contribution in [0.3, 0.4) is 0 Å². The quantitative estimate of drug-likeness (QED) is 0.700. The number of rotatable bonds is 3. The van der Waals surface area contributed by atoms with Crippen molar-refractivity contribution in [2.75, 3.05) is 0 Å². The van der Waals surface area contributed by atoms with Crippen molar-refractivity contribution >= 4 is 5.78 Å². The molecule has 0 bridgehead atoms. The van der Waals surface area contributed by atoms with E-state index in [0.717, 1.165) is 0 Å². The van der Waals surface area contributed by atoms with Crippen LogP contribution in [0.25, 0.3) is 0 Å². The fourth-order valence-corrected chi connectivity index (χ4v) is 1.49. The molecule has 16 heavy (non-hydrogen) atoms. The van der Waals surface area contributed by atoms with Crippen LogP contribution < -0.4 is 0 Å². The lowest BCUT2D eigenvalue weighted by Gasteiger charge is -2.00. The van der Waals surface area contributed by atoms with Gasteiger partial charge < -0.3 is 4.52 Å². The molecule has 0 saturated heterocycles. The van der Waals surface area contributed by atoms with Gasteiger partial charge in [0.05, 0.1) is 11.3 Å². The van der Waals surface area contributed by atoms with E-state index in [9.17, 15) is 4.79 Å². The number of aromatic nitrogens is 5. The van der Waals surface area contributed by atoms with Crippen LogP contribution in [0.5, 0.6) is 0 Å². The van der Waals surface area contributed by atoms with Crippen molar-refractivity contribution in [2.24, 2.45) is 0 Å². The first-order chi connectivity index (χ1) is 7.59. The number of carbonyl (C=O) groups excluding carboxylic acids is 1. The summed E-state index contributed by atoms with van der Waals surface area (Å²) in [5.41, 5.74) is 1.10. The SMILES string of the molecule is Cc1noc(C)c1C(=O)Cn1nnnc1C. The fraction of sp³-hybridized carbons (Fsp3) is 0.444. The number of aryl methyl sites for hydroxylation is 3. The van der Waals surface area contributed by atoms with Crippen molar-refractivity contribution in [1.82, 2.24) is 25.4 Å². The van der Waals surface area contributed by atoms with Crippen LogP contribution in [0, 0.1) is 20.8 Å². The molecule has 0 aromatic carbocycles. The maximum absolute atomic E-state index is 12.0. The van der Waals surface area contributed by atoms with E-state index in [0.29, 0.717) is 22.8 Å². The van der Waals surface area contributed by atoms with E-state index in [1.807, 2.05) is 0 Å². The number of hydrogen-bond acceptors (Lipinski definition) is 6. The summed E-state index contributed by atoms with van der Waals surface area (Å²) in [6.45, 7) is 5.28. The Morgan fingerprint density at radius 2 is 2.12 bits per heavy atom. The first kappa shape index (κ1) is 10.5. The molecule has 0 radical (unpaired) electrons. The van der Waals surface area contributed by atoms with Gasteiger partial charge in [0.25, 0.3) is 0 Å². The zero-order valence-electron chi connectivity index (χ0n) is 9.26. The zero-order valence-corrected chi connectivity index (χ0v) is 9.26. The highest BCUT2D eigenvalue weighted by molar-refractivity contribution is 5.97. The van der Waals surface area contributed by atoms with E-state index in [2.05, 4.69) is 20.7 Å². The van der Waals surface area contributed by atoms with E-state index >= 15 is 0 Å². The highest BCUT2D eigenvalue weighted by Gasteiger charge is 2.18. The van der Waals surface area contributed by atoms with Crippen molar-refractivity contribution < 1.29 is 9.32 Å². The maximum atomic E-state index is 12.0. The molecule has 0 N–H and O–H groups in total. The minimum absolute atomic E-state index is 0.0989. The lowest BCUT2D eigenvalue weighted by Crippen LogP contribution is -2.14. The number of carbonyl (C=O) groups is 1. The molecule has 0 spiro atoms. The number of nitrogens with zero attached hydrogens (tertiary/aromatic N) is 5. The first-order valence-electron chi connectivity index (χ1n) is 4.78. The van der Waals surface area contributed by atoms with Crippen LogP contribution in [0.4, 0.5) is 0 Å². The molecule has 0 fully saturated rings. The lowest BCUT2D eigenvalue weighted by atomic mass is 10.1. The zero-order chi connectivity index (χ0) is 11.7. The second-order valence-electron chi connectivity index (χ2n) is 3.51. The topological polar surface area (TPSA) is 86.7 Å². The van der Waals surface area contributed by atoms with E-state index in [4.69, 9.17) is 4.52 Å². The maximum Gasteiger partial charge on any atom is 0.189 e. The van der Waals surface area contributed by atoms with Crippen molar-refractivity contribution in [2.45, 2.75) is 27.3 Å². The minimum Gasteiger partial charge on any atom is -0.361 e. The third kappa shape index (κ3) is 1.71. The molecule has 0 saturated carbocycles. The third-order valence-corrected chi connectivity index (χ3v) is 2.32. The summed E-state index contributed by atoms with van der Waals surface area (Å²) in [6.07, 6.45) is 0. The highest BCUT2D eigenvalue weighted by Crippen LogP contribution is 2.13. The number of ketones is 1. The van der Waals surface area contributed by atoms with Gasteiger partial charge in [-0.05, 0) is 31.2 Å². The molecule has 7 heteroatoms. The number of tetrazole rings is 1. The Hall–Kier alpha value is -2.05. The molecular formula is C9H11N5O2. The number of Topliss-reactive ketones (excluding diaryl/α,β-unsaturated/α-hetero) is 1. The summed E-state index contributed by atoms with van der Waals surface area (Å²) in [5.74, 6) is 1.01. The van der Waals surface area contributed by atoms with Crippen LogP contribution in [0.2, 0.25) is 0 Å². The molecule has 0 amide bonds. The Morgan fingerprint density at radius 1 is 1.38 bits per heavy atom. The summed E-state index contributed by atoms with van der Waals surface area (Å²) < 4.78 is 6.37. The number of hydrogen-bond donors (Lipinski definition) is 0. The summed E-state index contributed by atoms with van der Waals surface area (Å²) in [4.78, 5) is 12.0. The molecule has 7 nitrogen and oxygen atoms in total. The molecule has 2 heterocycles. The first-order valence-corrected chi connectivity index (χ1v) is 4.78. The molecule has 0 aliphatic rings. The normalized spacial score (nSPS) is 10.7. The van der Waals surface area contributed by atoms with Crippen LogP contribution in [-0.2, 0) is 6.54 Å². The van der Waals surface area contributed by atoms with Gasteiger partial charge in [-0.15, -0.1) is 5.10 Å². The average molecular weight is 221 g/mol. The second kappa shape index (κ2) is 3.84. The molecule has 0 atom stereocenters. The minimum atomic E-state index is -0.105. The van der Waals surface area contributed by atoms with Gasteiger partial charge in [-0.2, -0.15) is 0 Å².